The van der Waals surface area contributed by atoms with Gasteiger partial charge in [0.25, 0.3) is 0 Å². The third kappa shape index (κ3) is 4.54. The topological polar surface area (TPSA) is 95.2 Å². The molecule has 10 heteroatoms. The Kier molecular flexibility index (Phi) is 5.77. The number of carbonyl (C=O) groups excluding carboxylic acids is 1. The van der Waals surface area contributed by atoms with E-state index in [1.165, 1.54) is 0 Å². The number of anilines is 1. The van der Waals surface area contributed by atoms with Crippen molar-refractivity contribution in [3.05, 3.63) is 22.6 Å². The summed E-state index contributed by atoms with van der Waals surface area (Å²) >= 11 is 12.0. The van der Waals surface area contributed by atoms with Gasteiger partial charge < -0.3 is 14.5 Å². The molecule has 0 N–H and O–H groups in total. The number of aromatic nitrogens is 3. The lowest BCUT2D eigenvalue weighted by Crippen LogP contribution is -2.56. The number of carbonyl (C=O) groups is 1. The first-order chi connectivity index (χ1) is 13.2. The number of nitrogens with zero attached hydrogens (tertiary/aromatic N) is 6. The number of rotatable bonds is 2. The molecule has 2 aromatic rings. The SMILES string of the molecule is CC(C)(C)OC(=O)N1CCN(c2nc(Cl)nc3nc(Cl)ccc23)CC1CC#N. The summed E-state index contributed by atoms with van der Waals surface area (Å²) in [6.45, 7) is 6.75. The number of hydrogen-bond donors (Lipinski definition) is 0. The van der Waals surface area contributed by atoms with Gasteiger partial charge in [-0.05, 0) is 44.5 Å². The summed E-state index contributed by atoms with van der Waals surface area (Å²) in [5.41, 5.74) is -0.207. The fourth-order valence-electron chi connectivity index (χ4n) is 3.07. The zero-order valence-corrected chi connectivity index (χ0v) is 17.3. The maximum Gasteiger partial charge on any atom is 0.410 e. The second-order valence-corrected chi connectivity index (χ2v) is 8.18. The van der Waals surface area contributed by atoms with Crippen molar-refractivity contribution in [2.75, 3.05) is 24.5 Å². The zero-order chi connectivity index (χ0) is 20.5. The summed E-state index contributed by atoms with van der Waals surface area (Å²) in [6, 6.07) is 5.26. The van der Waals surface area contributed by atoms with E-state index in [2.05, 4.69) is 21.0 Å². The van der Waals surface area contributed by atoms with Crippen LogP contribution in [0.3, 0.4) is 0 Å². The molecule has 1 atom stereocenters. The van der Waals surface area contributed by atoms with Crippen LogP contribution in [0.2, 0.25) is 10.4 Å². The van der Waals surface area contributed by atoms with E-state index in [0.717, 1.165) is 0 Å². The minimum atomic E-state index is -0.604. The Morgan fingerprint density at radius 3 is 2.71 bits per heavy atom. The van der Waals surface area contributed by atoms with E-state index in [-0.39, 0.29) is 17.7 Å². The molecule has 1 aliphatic rings. The van der Waals surface area contributed by atoms with Crippen LogP contribution in [0.15, 0.2) is 12.1 Å². The number of ether oxygens (including phenoxy) is 1. The lowest BCUT2D eigenvalue weighted by atomic mass is 10.1. The molecule has 8 nitrogen and oxygen atoms in total. The van der Waals surface area contributed by atoms with Crippen molar-refractivity contribution < 1.29 is 9.53 Å². The summed E-state index contributed by atoms with van der Waals surface area (Å²) in [5.74, 6) is 0.603. The van der Waals surface area contributed by atoms with Crippen molar-refractivity contribution >= 4 is 46.1 Å². The van der Waals surface area contributed by atoms with Crippen LogP contribution in [0.1, 0.15) is 27.2 Å². The predicted octanol–water partition coefficient (Wildman–Crippen LogP) is 3.67. The first kappa shape index (κ1) is 20.4. The van der Waals surface area contributed by atoms with Gasteiger partial charge >= 0.3 is 6.09 Å². The Morgan fingerprint density at radius 1 is 1.29 bits per heavy atom. The Labute approximate surface area is 173 Å². The minimum absolute atomic E-state index is 0.0590. The second-order valence-electron chi connectivity index (χ2n) is 7.46. The van der Waals surface area contributed by atoms with E-state index >= 15 is 0 Å². The van der Waals surface area contributed by atoms with Gasteiger partial charge in [-0.15, -0.1) is 0 Å². The first-order valence-corrected chi connectivity index (χ1v) is 9.55. The van der Waals surface area contributed by atoms with Gasteiger partial charge in [0.2, 0.25) is 5.28 Å². The highest BCUT2D eigenvalue weighted by Gasteiger charge is 2.34. The predicted molar refractivity (Wildman–Crippen MR) is 107 cm³/mol. The van der Waals surface area contributed by atoms with Crippen molar-refractivity contribution in [1.82, 2.24) is 19.9 Å². The Bertz CT molecular complexity index is 935. The van der Waals surface area contributed by atoms with Crippen molar-refractivity contribution in [3.63, 3.8) is 0 Å². The van der Waals surface area contributed by atoms with Crippen molar-refractivity contribution in [2.24, 2.45) is 0 Å². The maximum absolute atomic E-state index is 12.6. The molecule has 0 saturated carbocycles. The minimum Gasteiger partial charge on any atom is -0.444 e. The molecule has 1 aliphatic heterocycles. The summed E-state index contributed by atoms with van der Waals surface area (Å²) < 4.78 is 5.48. The van der Waals surface area contributed by atoms with Crippen LogP contribution in [0, 0.1) is 11.3 Å². The number of hydrogen-bond acceptors (Lipinski definition) is 7. The molecule has 3 heterocycles. The quantitative estimate of drug-likeness (QED) is 0.537. The molecule has 0 bridgehead atoms. The highest BCUT2D eigenvalue weighted by Crippen LogP contribution is 2.28. The van der Waals surface area contributed by atoms with Gasteiger partial charge in [-0.25, -0.2) is 9.78 Å². The van der Waals surface area contributed by atoms with E-state index in [0.29, 0.717) is 41.6 Å². The van der Waals surface area contributed by atoms with E-state index in [1.807, 2.05) is 25.7 Å². The van der Waals surface area contributed by atoms with Crippen molar-refractivity contribution in [3.8, 4) is 6.07 Å². The molecule has 1 fully saturated rings. The van der Waals surface area contributed by atoms with Gasteiger partial charge in [-0.3, -0.25) is 0 Å². The van der Waals surface area contributed by atoms with Gasteiger partial charge in [0, 0.05) is 19.6 Å². The molecule has 0 spiro atoms. The molecule has 0 aromatic carbocycles. The Morgan fingerprint density at radius 2 is 2.04 bits per heavy atom. The average molecular weight is 423 g/mol. The van der Waals surface area contributed by atoms with Crippen LogP contribution >= 0.6 is 23.2 Å². The molecule has 0 aliphatic carbocycles. The van der Waals surface area contributed by atoms with E-state index in [9.17, 15) is 10.1 Å². The van der Waals surface area contributed by atoms with Crippen LogP contribution in [0.5, 0.6) is 0 Å². The number of piperazine rings is 1. The Hall–Kier alpha value is -2.37. The van der Waals surface area contributed by atoms with Gasteiger partial charge in [-0.2, -0.15) is 15.2 Å². The molecule has 148 valence electrons. The van der Waals surface area contributed by atoms with Gasteiger partial charge in [0.05, 0.1) is 23.9 Å². The summed E-state index contributed by atoms with van der Waals surface area (Å²) in [4.78, 5) is 28.8. The molecule has 1 unspecified atom stereocenters. The molecule has 2 aromatic heterocycles. The van der Waals surface area contributed by atoms with Gasteiger partial charge in [0.1, 0.15) is 16.6 Å². The summed E-state index contributed by atoms with van der Waals surface area (Å²) in [7, 11) is 0. The summed E-state index contributed by atoms with van der Waals surface area (Å²) in [5, 5.41) is 10.3. The molecule has 0 radical (unpaired) electrons. The Balaban J connectivity index is 1.89. The van der Waals surface area contributed by atoms with Crippen LogP contribution < -0.4 is 4.90 Å². The third-order valence-corrected chi connectivity index (χ3v) is 4.60. The second kappa shape index (κ2) is 7.94. The normalized spacial score (nSPS) is 17.5. The first-order valence-electron chi connectivity index (χ1n) is 8.79. The van der Waals surface area contributed by atoms with E-state index in [1.54, 1.807) is 17.0 Å². The smallest absolute Gasteiger partial charge is 0.410 e. The number of halogens is 2. The number of nitriles is 1. The van der Waals surface area contributed by atoms with Crippen molar-refractivity contribution in [2.45, 2.75) is 38.8 Å². The van der Waals surface area contributed by atoms with Crippen LogP contribution in [-0.4, -0.2) is 57.2 Å². The monoisotopic (exact) mass is 422 g/mol. The maximum atomic E-state index is 12.6. The average Bonchev–Trinajstić information content (AvgIpc) is 2.59. The van der Waals surface area contributed by atoms with E-state index in [4.69, 9.17) is 27.9 Å². The number of pyridine rings is 1. The lowest BCUT2D eigenvalue weighted by molar-refractivity contribution is 0.0145. The molecular weight excluding hydrogens is 403 g/mol. The molecule has 1 amide bonds. The van der Waals surface area contributed by atoms with Crippen LogP contribution in [0.4, 0.5) is 10.6 Å². The number of amides is 1. The number of fused-ring (bicyclic) bond motifs is 1. The van der Waals surface area contributed by atoms with E-state index < -0.39 is 11.7 Å². The standard InChI is InChI=1S/C18H20Cl2N6O2/c1-18(2,3)28-17(27)26-9-8-25(10-11(26)6-7-21)15-12-4-5-13(19)22-14(12)23-16(20)24-15/h4-5,11H,6,8-10H2,1-3H3. The molecular formula is C18H20Cl2N6O2. The molecule has 28 heavy (non-hydrogen) atoms. The van der Waals surface area contributed by atoms with Crippen LogP contribution in [-0.2, 0) is 4.74 Å². The zero-order valence-electron chi connectivity index (χ0n) is 15.8. The lowest BCUT2D eigenvalue weighted by Gasteiger charge is -2.41. The fraction of sp³-hybridized carbons (Fsp3) is 0.500. The van der Waals surface area contributed by atoms with Crippen LogP contribution in [0.25, 0.3) is 11.0 Å². The van der Waals surface area contributed by atoms with Gasteiger partial charge in [-0.1, -0.05) is 11.6 Å². The van der Waals surface area contributed by atoms with Crippen molar-refractivity contribution in [1.29, 1.82) is 5.26 Å². The highest BCUT2D eigenvalue weighted by atomic mass is 35.5. The largest absolute Gasteiger partial charge is 0.444 e. The molecule has 3 rings (SSSR count). The molecule has 1 saturated heterocycles. The summed E-state index contributed by atoms with van der Waals surface area (Å²) in [6.07, 6.45) is -0.247. The fourth-order valence-corrected chi connectivity index (χ4v) is 3.38. The third-order valence-electron chi connectivity index (χ3n) is 4.22. The van der Waals surface area contributed by atoms with Gasteiger partial charge in [0.15, 0.2) is 5.65 Å². The highest BCUT2D eigenvalue weighted by molar-refractivity contribution is 6.30.